The van der Waals surface area contributed by atoms with E-state index in [0.29, 0.717) is 28.9 Å². The van der Waals surface area contributed by atoms with Crippen molar-refractivity contribution in [2.75, 3.05) is 18.5 Å². The molecule has 2 aromatic carbocycles. The van der Waals surface area contributed by atoms with Crippen molar-refractivity contribution in [3.63, 3.8) is 0 Å². The van der Waals surface area contributed by atoms with Crippen molar-refractivity contribution in [2.45, 2.75) is 24.5 Å². The number of rotatable bonds is 9. The molecule has 0 fully saturated rings. The summed E-state index contributed by atoms with van der Waals surface area (Å²) in [7, 11) is -3.55. The quantitative estimate of drug-likeness (QED) is 0.647. The van der Waals surface area contributed by atoms with Crippen molar-refractivity contribution in [1.29, 1.82) is 0 Å². The van der Waals surface area contributed by atoms with Crippen LogP contribution in [0.15, 0.2) is 65.3 Å². The molecule has 2 rings (SSSR count). The molecule has 0 bridgehead atoms. The van der Waals surface area contributed by atoms with Gasteiger partial charge in [-0.1, -0.05) is 26.0 Å². The third kappa shape index (κ3) is 6.69. The first kappa shape index (κ1) is 22.6. The zero-order valence-corrected chi connectivity index (χ0v) is 17.2. The number of nitrogens with one attached hydrogen (secondary N) is 1. The minimum absolute atomic E-state index is 0.00120. The van der Waals surface area contributed by atoms with E-state index in [9.17, 15) is 17.6 Å². The standard InChI is InChI=1S/C21H25FN2O4S/c1-15(2)21(25)24-18-5-3-16(4-6-18)14-29(26,27)20-9-7-19(8-10-20)28-13-17(11-22)12-23/h3-11,15H,12-14,23H2,1-2H3,(H,24,25). The van der Waals surface area contributed by atoms with Gasteiger partial charge in [-0.15, -0.1) is 0 Å². The van der Waals surface area contributed by atoms with Gasteiger partial charge in [0.15, 0.2) is 9.84 Å². The number of carbonyl (C=O) groups is 1. The van der Waals surface area contributed by atoms with Crippen molar-refractivity contribution >= 4 is 21.4 Å². The molecule has 6 nitrogen and oxygen atoms in total. The number of benzene rings is 2. The van der Waals surface area contributed by atoms with Crippen LogP contribution in [0.1, 0.15) is 19.4 Å². The van der Waals surface area contributed by atoms with E-state index in [1.165, 1.54) is 24.3 Å². The zero-order valence-electron chi connectivity index (χ0n) is 16.4. The van der Waals surface area contributed by atoms with Gasteiger partial charge in [-0.2, -0.15) is 0 Å². The predicted octanol–water partition coefficient (Wildman–Crippen LogP) is 3.45. The third-order valence-electron chi connectivity index (χ3n) is 4.13. The summed E-state index contributed by atoms with van der Waals surface area (Å²) >= 11 is 0. The Kier molecular flexibility index (Phi) is 7.92. The Hall–Kier alpha value is -2.71. The molecule has 0 radical (unpaired) electrons. The Morgan fingerprint density at radius 3 is 2.28 bits per heavy atom. The molecule has 0 aliphatic carbocycles. The molecule has 156 valence electrons. The van der Waals surface area contributed by atoms with Crippen LogP contribution in [0.3, 0.4) is 0 Å². The maximum absolute atomic E-state index is 12.6. The molecule has 8 heteroatoms. The molecule has 3 N–H and O–H groups in total. The van der Waals surface area contributed by atoms with Crippen molar-refractivity contribution in [3.8, 4) is 5.75 Å². The number of halogens is 1. The first-order valence-corrected chi connectivity index (χ1v) is 10.7. The lowest BCUT2D eigenvalue weighted by molar-refractivity contribution is -0.118. The van der Waals surface area contributed by atoms with Crippen LogP contribution in [-0.4, -0.2) is 27.5 Å². The van der Waals surface area contributed by atoms with E-state index in [1.807, 2.05) is 0 Å². The minimum Gasteiger partial charge on any atom is -0.489 e. The SMILES string of the molecule is CC(C)C(=O)Nc1ccc(CS(=O)(=O)c2ccc(OCC(=CF)CN)cc2)cc1. The first-order chi connectivity index (χ1) is 13.7. The highest BCUT2D eigenvalue weighted by Crippen LogP contribution is 2.21. The van der Waals surface area contributed by atoms with Crippen molar-refractivity contribution < 1.29 is 22.3 Å². The summed E-state index contributed by atoms with van der Waals surface area (Å²) < 4.78 is 43.1. The molecule has 0 aliphatic rings. The van der Waals surface area contributed by atoms with Crippen LogP contribution in [0, 0.1) is 5.92 Å². The number of hydrogen-bond donors (Lipinski definition) is 2. The second-order valence-electron chi connectivity index (χ2n) is 6.83. The smallest absolute Gasteiger partial charge is 0.226 e. The number of hydrogen-bond acceptors (Lipinski definition) is 5. The van der Waals surface area contributed by atoms with Crippen LogP contribution in [0.25, 0.3) is 0 Å². The van der Waals surface area contributed by atoms with Crippen molar-refractivity contribution in [3.05, 3.63) is 66.0 Å². The second-order valence-corrected chi connectivity index (χ2v) is 8.82. The Morgan fingerprint density at radius 2 is 1.76 bits per heavy atom. The largest absolute Gasteiger partial charge is 0.489 e. The molecule has 29 heavy (non-hydrogen) atoms. The minimum atomic E-state index is -3.55. The lowest BCUT2D eigenvalue weighted by Gasteiger charge is -2.10. The van der Waals surface area contributed by atoms with Crippen molar-refractivity contribution in [2.24, 2.45) is 11.7 Å². The molecule has 0 spiro atoms. The normalized spacial score (nSPS) is 12.1. The topological polar surface area (TPSA) is 98.5 Å². The van der Waals surface area contributed by atoms with Gasteiger partial charge in [-0.3, -0.25) is 4.79 Å². The number of ether oxygens (including phenoxy) is 1. The Balaban J connectivity index is 2.02. The monoisotopic (exact) mass is 420 g/mol. The summed E-state index contributed by atoms with van der Waals surface area (Å²) in [5.41, 5.74) is 6.88. The lowest BCUT2D eigenvalue weighted by Crippen LogP contribution is -2.17. The van der Waals surface area contributed by atoms with E-state index in [1.54, 1.807) is 38.1 Å². The van der Waals surface area contributed by atoms with Gasteiger partial charge < -0.3 is 15.8 Å². The fourth-order valence-corrected chi connectivity index (χ4v) is 3.68. The van der Waals surface area contributed by atoms with Gasteiger partial charge in [-0.05, 0) is 42.0 Å². The number of carbonyl (C=O) groups excluding carboxylic acids is 1. The number of anilines is 1. The fraction of sp³-hybridized carbons (Fsp3) is 0.286. The van der Waals surface area contributed by atoms with Crippen LogP contribution >= 0.6 is 0 Å². The van der Waals surface area contributed by atoms with Crippen LogP contribution in [0.2, 0.25) is 0 Å². The van der Waals surface area contributed by atoms with E-state index in [-0.39, 0.29) is 35.6 Å². The van der Waals surface area contributed by atoms with Gasteiger partial charge in [0, 0.05) is 23.7 Å². The highest BCUT2D eigenvalue weighted by atomic mass is 32.2. The average molecular weight is 421 g/mol. The molecule has 2 aromatic rings. The van der Waals surface area contributed by atoms with Gasteiger partial charge in [0.25, 0.3) is 0 Å². The molecule has 0 heterocycles. The molecule has 0 saturated carbocycles. The first-order valence-electron chi connectivity index (χ1n) is 9.08. The fourth-order valence-electron chi connectivity index (χ4n) is 2.33. The molecular weight excluding hydrogens is 395 g/mol. The summed E-state index contributed by atoms with van der Waals surface area (Å²) in [4.78, 5) is 11.9. The lowest BCUT2D eigenvalue weighted by atomic mass is 10.2. The highest BCUT2D eigenvalue weighted by Gasteiger charge is 2.16. The van der Waals surface area contributed by atoms with E-state index < -0.39 is 9.84 Å². The molecule has 0 aliphatic heterocycles. The highest BCUT2D eigenvalue weighted by molar-refractivity contribution is 7.90. The maximum atomic E-state index is 12.6. The van der Waals surface area contributed by atoms with E-state index in [2.05, 4.69) is 5.32 Å². The van der Waals surface area contributed by atoms with E-state index in [0.717, 1.165) is 0 Å². The van der Waals surface area contributed by atoms with Gasteiger partial charge in [0.1, 0.15) is 12.4 Å². The van der Waals surface area contributed by atoms with Gasteiger partial charge in [-0.25, -0.2) is 12.8 Å². The molecular formula is C21H25FN2O4S. The average Bonchev–Trinajstić information content (AvgIpc) is 2.70. The summed E-state index contributed by atoms with van der Waals surface area (Å²) in [6.07, 6.45) is 0.401. The van der Waals surface area contributed by atoms with E-state index >= 15 is 0 Å². The number of nitrogens with two attached hydrogens (primary N) is 1. The van der Waals surface area contributed by atoms with Crippen LogP contribution < -0.4 is 15.8 Å². The van der Waals surface area contributed by atoms with Gasteiger partial charge in [0.05, 0.1) is 17.0 Å². The van der Waals surface area contributed by atoms with E-state index in [4.69, 9.17) is 10.5 Å². The summed E-state index contributed by atoms with van der Waals surface area (Å²) in [6, 6.07) is 12.6. The zero-order chi connectivity index (χ0) is 21.4. The number of sulfone groups is 1. The molecule has 0 aromatic heterocycles. The van der Waals surface area contributed by atoms with Crippen LogP contribution in [0.4, 0.5) is 10.1 Å². The molecule has 0 unspecified atom stereocenters. The maximum Gasteiger partial charge on any atom is 0.226 e. The molecule has 0 saturated heterocycles. The molecule has 0 atom stereocenters. The Bertz CT molecular complexity index is 953. The summed E-state index contributed by atoms with van der Waals surface area (Å²) in [5, 5.41) is 2.76. The second kappa shape index (κ2) is 10.2. The Morgan fingerprint density at radius 1 is 1.14 bits per heavy atom. The van der Waals surface area contributed by atoms with Gasteiger partial charge >= 0.3 is 0 Å². The van der Waals surface area contributed by atoms with Crippen molar-refractivity contribution in [1.82, 2.24) is 0 Å². The van der Waals surface area contributed by atoms with Gasteiger partial charge in [0.2, 0.25) is 5.91 Å². The predicted molar refractivity (Wildman–Crippen MR) is 111 cm³/mol. The molecule has 1 amide bonds. The van der Waals surface area contributed by atoms with Crippen LogP contribution in [-0.2, 0) is 20.4 Å². The van der Waals surface area contributed by atoms with Crippen LogP contribution in [0.5, 0.6) is 5.75 Å². The summed E-state index contributed by atoms with van der Waals surface area (Å²) in [6.45, 7) is 3.63. The number of amides is 1. The Labute approximate surface area is 170 Å². The summed E-state index contributed by atoms with van der Waals surface area (Å²) in [5.74, 6) is 0.000203. The third-order valence-corrected chi connectivity index (χ3v) is 5.83.